The van der Waals surface area contributed by atoms with E-state index in [2.05, 4.69) is 9.47 Å². The van der Waals surface area contributed by atoms with Crippen LogP contribution in [-0.2, 0) is 18.8 Å². The number of ether oxygens (including phenoxy) is 2. The summed E-state index contributed by atoms with van der Waals surface area (Å²) in [4.78, 5) is 10.8. The topological polar surface area (TPSA) is 44.8 Å². The van der Waals surface area contributed by atoms with Gasteiger partial charge in [-0.1, -0.05) is 0 Å². The van der Waals surface area contributed by atoms with E-state index in [1.807, 2.05) is 0 Å². The number of hydrogen-bond acceptors (Lipinski definition) is 4. The van der Waals surface area contributed by atoms with Crippen molar-refractivity contribution in [3.8, 4) is 0 Å². The van der Waals surface area contributed by atoms with Crippen molar-refractivity contribution in [2.75, 3.05) is 7.11 Å². The quantitative estimate of drug-likeness (QED) is 0.455. The number of cyclic esters (lactones) is 1. The van der Waals surface area contributed by atoms with Crippen LogP contribution in [0, 0.1) is 0 Å². The zero-order valence-corrected chi connectivity index (χ0v) is 7.43. The average Bonchev–Trinajstić information content (AvgIpc) is 2.03. The lowest BCUT2D eigenvalue weighted by Gasteiger charge is -2.26. The predicted molar refractivity (Wildman–Crippen MR) is 40.7 cm³/mol. The molecule has 1 aliphatic rings. The zero-order valence-electron chi connectivity index (χ0n) is 6.28. The van der Waals surface area contributed by atoms with Crippen molar-refractivity contribution in [3.63, 3.8) is 0 Å². The second kappa shape index (κ2) is 4.00. The molecule has 5 heteroatoms. The first kappa shape index (κ1) is 8.91. The molecule has 0 N–H and O–H groups in total. The van der Waals surface area contributed by atoms with E-state index in [0.717, 1.165) is 0 Å². The Morgan fingerprint density at radius 2 is 2.45 bits per heavy atom. The summed E-state index contributed by atoms with van der Waals surface area (Å²) in [7, 11) is 3.64. The Bertz CT molecular complexity index is 136. The van der Waals surface area contributed by atoms with Gasteiger partial charge in [-0.3, -0.25) is 4.79 Å². The molecule has 1 aliphatic heterocycles. The Morgan fingerprint density at radius 3 is 3.00 bits per heavy atom. The SMILES string of the molecule is CO[C@@H]1C[C@@H](OP)CC(=O)O1. The number of carbonyl (C=O) groups is 1. The van der Waals surface area contributed by atoms with Gasteiger partial charge >= 0.3 is 5.97 Å². The largest absolute Gasteiger partial charge is 0.436 e. The summed E-state index contributed by atoms with van der Waals surface area (Å²) in [6.45, 7) is 0. The van der Waals surface area contributed by atoms with Crippen LogP contribution >= 0.6 is 9.47 Å². The zero-order chi connectivity index (χ0) is 8.27. The minimum absolute atomic E-state index is 0.0915. The van der Waals surface area contributed by atoms with Gasteiger partial charge < -0.3 is 14.0 Å². The van der Waals surface area contributed by atoms with Crippen LogP contribution in [0.4, 0.5) is 0 Å². The van der Waals surface area contributed by atoms with Gasteiger partial charge in [-0.2, -0.15) is 0 Å². The van der Waals surface area contributed by atoms with Gasteiger partial charge in [0.1, 0.15) is 0 Å². The van der Waals surface area contributed by atoms with Crippen LogP contribution in [-0.4, -0.2) is 25.5 Å². The van der Waals surface area contributed by atoms with E-state index in [1.165, 1.54) is 7.11 Å². The highest BCUT2D eigenvalue weighted by Crippen LogP contribution is 2.19. The van der Waals surface area contributed by atoms with Crippen molar-refractivity contribution in [3.05, 3.63) is 0 Å². The summed E-state index contributed by atoms with van der Waals surface area (Å²) in [5.41, 5.74) is 0. The standard InChI is InChI=1S/C6H11O4P/c1-8-6-3-4(10-11)2-5(7)9-6/h4,6H,2-3,11H2,1H3/t4-,6-/m0/s1. The Labute approximate surface area is 67.5 Å². The highest BCUT2D eigenvalue weighted by atomic mass is 31.0. The van der Waals surface area contributed by atoms with E-state index in [4.69, 9.17) is 14.0 Å². The number of rotatable bonds is 2. The van der Waals surface area contributed by atoms with Crippen molar-refractivity contribution < 1.29 is 18.8 Å². The number of esters is 1. The molecule has 0 aliphatic carbocycles. The maximum atomic E-state index is 10.8. The summed E-state index contributed by atoms with van der Waals surface area (Å²) < 4.78 is 14.6. The first-order valence-corrected chi connectivity index (χ1v) is 3.81. The molecule has 0 spiro atoms. The highest BCUT2D eigenvalue weighted by Gasteiger charge is 2.28. The van der Waals surface area contributed by atoms with Crippen LogP contribution in [0.3, 0.4) is 0 Å². The molecule has 1 unspecified atom stereocenters. The van der Waals surface area contributed by atoms with Crippen LogP contribution in [0.5, 0.6) is 0 Å². The molecule has 1 heterocycles. The van der Waals surface area contributed by atoms with Crippen LogP contribution in [0.1, 0.15) is 12.8 Å². The van der Waals surface area contributed by atoms with Gasteiger partial charge in [-0.25, -0.2) is 0 Å². The molecule has 3 atom stereocenters. The van der Waals surface area contributed by atoms with Crippen LogP contribution < -0.4 is 0 Å². The maximum absolute atomic E-state index is 10.8. The minimum Gasteiger partial charge on any atom is -0.436 e. The first-order chi connectivity index (χ1) is 5.26. The summed E-state index contributed by atoms with van der Waals surface area (Å²) in [6.07, 6.45) is 0.378. The van der Waals surface area contributed by atoms with Gasteiger partial charge in [0, 0.05) is 23.0 Å². The monoisotopic (exact) mass is 178 g/mol. The Balaban J connectivity index is 2.43. The number of methoxy groups -OCH3 is 1. The summed E-state index contributed by atoms with van der Waals surface area (Å²) >= 11 is 0. The van der Waals surface area contributed by atoms with Crippen molar-refractivity contribution >= 4 is 15.4 Å². The Hall–Kier alpha value is -0.180. The second-order valence-electron chi connectivity index (χ2n) is 2.35. The van der Waals surface area contributed by atoms with Crippen molar-refractivity contribution in [1.82, 2.24) is 0 Å². The van der Waals surface area contributed by atoms with E-state index in [-0.39, 0.29) is 12.1 Å². The van der Waals surface area contributed by atoms with E-state index in [1.54, 1.807) is 0 Å². The molecule has 1 fully saturated rings. The molecule has 64 valence electrons. The third-order valence-corrected chi connectivity index (χ3v) is 1.95. The molecule has 0 aromatic rings. The van der Waals surface area contributed by atoms with Crippen LogP contribution in [0.25, 0.3) is 0 Å². The lowest BCUT2D eigenvalue weighted by molar-refractivity contribution is -0.190. The Kier molecular flexibility index (Phi) is 3.24. The summed E-state index contributed by atoms with van der Waals surface area (Å²) in [5, 5.41) is 0. The average molecular weight is 178 g/mol. The molecule has 1 saturated heterocycles. The van der Waals surface area contributed by atoms with Crippen LogP contribution in [0.15, 0.2) is 0 Å². The molecule has 0 amide bonds. The van der Waals surface area contributed by atoms with Crippen molar-refractivity contribution in [2.24, 2.45) is 0 Å². The molecule has 0 radical (unpaired) electrons. The third kappa shape index (κ3) is 2.40. The van der Waals surface area contributed by atoms with Gasteiger partial charge in [0.15, 0.2) is 0 Å². The fourth-order valence-corrected chi connectivity index (χ4v) is 1.18. The maximum Gasteiger partial charge on any atom is 0.310 e. The minimum atomic E-state index is -0.443. The van der Waals surface area contributed by atoms with Gasteiger partial charge in [0.2, 0.25) is 6.29 Å². The second-order valence-corrected chi connectivity index (χ2v) is 2.63. The van der Waals surface area contributed by atoms with Gasteiger partial charge in [0.05, 0.1) is 12.5 Å². The molecule has 0 bridgehead atoms. The fourth-order valence-electron chi connectivity index (χ4n) is 0.975. The fraction of sp³-hybridized carbons (Fsp3) is 0.833. The smallest absolute Gasteiger partial charge is 0.310 e. The van der Waals surface area contributed by atoms with Crippen molar-refractivity contribution in [1.29, 1.82) is 0 Å². The van der Waals surface area contributed by atoms with Gasteiger partial charge in [-0.05, 0) is 0 Å². The summed E-state index contributed by atoms with van der Waals surface area (Å²) in [6, 6.07) is 0. The van der Waals surface area contributed by atoms with E-state index >= 15 is 0 Å². The Morgan fingerprint density at radius 1 is 1.73 bits per heavy atom. The van der Waals surface area contributed by atoms with Crippen LogP contribution in [0.2, 0.25) is 0 Å². The molecular weight excluding hydrogens is 167 g/mol. The van der Waals surface area contributed by atoms with E-state index in [0.29, 0.717) is 12.8 Å². The lowest BCUT2D eigenvalue weighted by atomic mass is 10.1. The highest BCUT2D eigenvalue weighted by molar-refractivity contribution is 7.09. The van der Waals surface area contributed by atoms with Gasteiger partial charge in [0.25, 0.3) is 0 Å². The molecule has 11 heavy (non-hydrogen) atoms. The lowest BCUT2D eigenvalue weighted by Crippen LogP contribution is -2.33. The molecule has 0 aromatic heterocycles. The molecule has 4 nitrogen and oxygen atoms in total. The van der Waals surface area contributed by atoms with Crippen molar-refractivity contribution in [2.45, 2.75) is 25.2 Å². The first-order valence-electron chi connectivity index (χ1n) is 3.34. The molecular formula is C6H11O4P. The van der Waals surface area contributed by atoms with Gasteiger partial charge in [-0.15, -0.1) is 0 Å². The van der Waals surface area contributed by atoms with E-state index < -0.39 is 6.29 Å². The number of hydrogen-bond donors (Lipinski definition) is 0. The summed E-state index contributed by atoms with van der Waals surface area (Å²) in [5.74, 6) is -0.268. The number of carbonyl (C=O) groups excluding carboxylic acids is 1. The third-order valence-electron chi connectivity index (χ3n) is 1.57. The molecule has 1 rings (SSSR count). The normalized spacial score (nSPS) is 31.6. The predicted octanol–water partition coefficient (Wildman–Crippen LogP) is 0.471. The van der Waals surface area contributed by atoms with E-state index in [9.17, 15) is 4.79 Å². The molecule has 0 saturated carbocycles. The molecule has 0 aromatic carbocycles.